The highest BCUT2D eigenvalue weighted by molar-refractivity contribution is 5.71. The molecular weight excluding hydrogens is 240 g/mol. The first kappa shape index (κ1) is 16.4. The molecule has 0 aromatic heterocycles. The SMILES string of the molecule is CCOC(=O)CN1CC(CC)CC(NCC(C)C)C1. The minimum Gasteiger partial charge on any atom is -0.465 e. The fraction of sp³-hybridized carbons (Fsp3) is 0.933. The zero-order valence-corrected chi connectivity index (χ0v) is 12.9. The first-order valence-electron chi connectivity index (χ1n) is 7.66. The van der Waals surface area contributed by atoms with Gasteiger partial charge in [-0.2, -0.15) is 0 Å². The number of hydrogen-bond donors (Lipinski definition) is 1. The molecule has 1 aliphatic rings. The van der Waals surface area contributed by atoms with Gasteiger partial charge < -0.3 is 10.1 Å². The van der Waals surface area contributed by atoms with Crippen molar-refractivity contribution in [3.8, 4) is 0 Å². The monoisotopic (exact) mass is 270 g/mol. The zero-order valence-electron chi connectivity index (χ0n) is 12.9. The average Bonchev–Trinajstić information content (AvgIpc) is 2.36. The molecule has 0 aromatic carbocycles. The number of esters is 1. The molecule has 2 unspecified atom stereocenters. The van der Waals surface area contributed by atoms with Crippen LogP contribution in [0.5, 0.6) is 0 Å². The molecule has 0 aromatic rings. The van der Waals surface area contributed by atoms with Crippen molar-refractivity contribution in [3.05, 3.63) is 0 Å². The van der Waals surface area contributed by atoms with E-state index >= 15 is 0 Å². The van der Waals surface area contributed by atoms with Crippen LogP contribution >= 0.6 is 0 Å². The molecule has 2 atom stereocenters. The largest absolute Gasteiger partial charge is 0.465 e. The van der Waals surface area contributed by atoms with E-state index in [1.54, 1.807) is 0 Å². The Morgan fingerprint density at radius 2 is 2.11 bits per heavy atom. The molecule has 0 bridgehead atoms. The molecule has 4 heteroatoms. The molecule has 0 aliphatic carbocycles. The second-order valence-electron chi connectivity index (χ2n) is 6.01. The fourth-order valence-corrected chi connectivity index (χ4v) is 2.67. The minimum absolute atomic E-state index is 0.0955. The van der Waals surface area contributed by atoms with E-state index in [1.165, 1.54) is 12.8 Å². The summed E-state index contributed by atoms with van der Waals surface area (Å²) in [5.41, 5.74) is 0. The number of rotatable bonds is 7. The zero-order chi connectivity index (χ0) is 14.3. The third-order valence-corrected chi connectivity index (χ3v) is 3.66. The number of carbonyl (C=O) groups excluding carboxylic acids is 1. The first-order valence-corrected chi connectivity index (χ1v) is 7.66. The van der Waals surface area contributed by atoms with E-state index in [1.807, 2.05) is 6.92 Å². The van der Waals surface area contributed by atoms with E-state index in [9.17, 15) is 4.79 Å². The van der Waals surface area contributed by atoms with Gasteiger partial charge in [0.2, 0.25) is 0 Å². The van der Waals surface area contributed by atoms with Crippen LogP contribution in [0.1, 0.15) is 40.5 Å². The summed E-state index contributed by atoms with van der Waals surface area (Å²) in [7, 11) is 0. The van der Waals surface area contributed by atoms with Gasteiger partial charge in [0.05, 0.1) is 13.2 Å². The van der Waals surface area contributed by atoms with Crippen molar-refractivity contribution in [1.82, 2.24) is 10.2 Å². The van der Waals surface area contributed by atoms with Crippen molar-refractivity contribution >= 4 is 5.97 Å². The van der Waals surface area contributed by atoms with E-state index in [-0.39, 0.29) is 5.97 Å². The van der Waals surface area contributed by atoms with Gasteiger partial charge in [-0.05, 0) is 31.7 Å². The van der Waals surface area contributed by atoms with Crippen LogP contribution in [0.3, 0.4) is 0 Å². The van der Waals surface area contributed by atoms with Gasteiger partial charge in [-0.25, -0.2) is 0 Å². The van der Waals surface area contributed by atoms with Gasteiger partial charge in [0, 0.05) is 19.1 Å². The lowest BCUT2D eigenvalue weighted by Crippen LogP contribution is -2.51. The van der Waals surface area contributed by atoms with Crippen LogP contribution in [-0.2, 0) is 9.53 Å². The van der Waals surface area contributed by atoms with E-state index in [4.69, 9.17) is 4.74 Å². The van der Waals surface area contributed by atoms with Crippen molar-refractivity contribution in [2.45, 2.75) is 46.6 Å². The number of likely N-dealkylation sites (tertiary alicyclic amines) is 1. The van der Waals surface area contributed by atoms with E-state index in [0.29, 0.717) is 31.0 Å². The molecule has 4 nitrogen and oxygen atoms in total. The Morgan fingerprint density at radius 1 is 1.37 bits per heavy atom. The number of hydrogen-bond acceptors (Lipinski definition) is 4. The van der Waals surface area contributed by atoms with Gasteiger partial charge in [0.15, 0.2) is 0 Å². The van der Waals surface area contributed by atoms with Crippen LogP contribution in [0, 0.1) is 11.8 Å². The van der Waals surface area contributed by atoms with Crippen LogP contribution in [0.25, 0.3) is 0 Å². The van der Waals surface area contributed by atoms with Crippen molar-refractivity contribution < 1.29 is 9.53 Å². The summed E-state index contributed by atoms with van der Waals surface area (Å²) < 4.78 is 5.05. The lowest BCUT2D eigenvalue weighted by Gasteiger charge is -2.37. The van der Waals surface area contributed by atoms with E-state index < -0.39 is 0 Å². The summed E-state index contributed by atoms with van der Waals surface area (Å²) in [4.78, 5) is 13.8. The molecule has 112 valence electrons. The Bertz CT molecular complexity index is 269. The highest BCUT2D eigenvalue weighted by Crippen LogP contribution is 2.19. The van der Waals surface area contributed by atoms with Crippen LogP contribution in [0.4, 0.5) is 0 Å². The van der Waals surface area contributed by atoms with Gasteiger partial charge in [-0.15, -0.1) is 0 Å². The predicted molar refractivity (Wildman–Crippen MR) is 78.1 cm³/mol. The highest BCUT2D eigenvalue weighted by atomic mass is 16.5. The highest BCUT2D eigenvalue weighted by Gasteiger charge is 2.27. The first-order chi connectivity index (χ1) is 9.05. The molecule has 0 radical (unpaired) electrons. The van der Waals surface area contributed by atoms with Crippen molar-refractivity contribution in [3.63, 3.8) is 0 Å². The maximum atomic E-state index is 11.6. The molecule has 1 fully saturated rings. The molecule has 1 heterocycles. The van der Waals surface area contributed by atoms with Crippen LogP contribution in [0.2, 0.25) is 0 Å². The fourth-order valence-electron chi connectivity index (χ4n) is 2.67. The smallest absolute Gasteiger partial charge is 0.320 e. The Balaban J connectivity index is 2.45. The summed E-state index contributed by atoms with van der Waals surface area (Å²) in [5.74, 6) is 1.26. The van der Waals surface area contributed by atoms with Crippen LogP contribution in [-0.4, -0.2) is 49.7 Å². The summed E-state index contributed by atoms with van der Waals surface area (Å²) in [6, 6.07) is 0.510. The van der Waals surface area contributed by atoms with Crippen LogP contribution < -0.4 is 5.32 Å². The van der Waals surface area contributed by atoms with Gasteiger partial charge in [-0.3, -0.25) is 9.69 Å². The number of piperidine rings is 1. The number of nitrogens with zero attached hydrogens (tertiary/aromatic N) is 1. The molecule has 1 rings (SSSR count). The molecule has 0 amide bonds. The molecule has 19 heavy (non-hydrogen) atoms. The summed E-state index contributed by atoms with van der Waals surface area (Å²) >= 11 is 0. The Hall–Kier alpha value is -0.610. The molecule has 1 saturated heterocycles. The summed E-state index contributed by atoms with van der Waals surface area (Å²) in [5, 5.41) is 3.63. The van der Waals surface area contributed by atoms with Gasteiger partial charge in [0.25, 0.3) is 0 Å². The maximum Gasteiger partial charge on any atom is 0.320 e. The molecular formula is C15H30N2O2. The Morgan fingerprint density at radius 3 is 2.68 bits per heavy atom. The predicted octanol–water partition coefficient (Wildman–Crippen LogP) is 1.90. The normalized spacial score (nSPS) is 24.7. The van der Waals surface area contributed by atoms with E-state index in [0.717, 1.165) is 19.6 Å². The number of nitrogens with one attached hydrogen (secondary N) is 1. The average molecular weight is 270 g/mol. The second-order valence-corrected chi connectivity index (χ2v) is 6.01. The standard InChI is InChI=1S/C15H30N2O2/c1-5-13-7-14(16-8-12(3)4)10-17(9-13)11-15(18)19-6-2/h12-14,16H,5-11H2,1-4H3. The number of ether oxygens (including phenoxy) is 1. The molecule has 1 aliphatic heterocycles. The third kappa shape index (κ3) is 6.39. The second kappa shape index (κ2) is 8.54. The van der Waals surface area contributed by atoms with Crippen molar-refractivity contribution in [2.24, 2.45) is 11.8 Å². The lowest BCUT2D eigenvalue weighted by molar-refractivity contribution is -0.145. The summed E-state index contributed by atoms with van der Waals surface area (Å²) in [6.07, 6.45) is 2.40. The quantitative estimate of drug-likeness (QED) is 0.717. The number of carbonyl (C=O) groups is 1. The lowest BCUT2D eigenvalue weighted by atomic mass is 9.92. The molecule has 0 saturated carbocycles. The van der Waals surface area contributed by atoms with Crippen molar-refractivity contribution in [1.29, 1.82) is 0 Å². The van der Waals surface area contributed by atoms with Gasteiger partial charge in [-0.1, -0.05) is 27.2 Å². The van der Waals surface area contributed by atoms with Gasteiger partial charge in [0.1, 0.15) is 0 Å². The Kier molecular flexibility index (Phi) is 7.39. The minimum atomic E-state index is -0.0955. The summed E-state index contributed by atoms with van der Waals surface area (Å²) in [6.45, 7) is 12.5. The molecule has 0 spiro atoms. The van der Waals surface area contributed by atoms with Crippen LogP contribution in [0.15, 0.2) is 0 Å². The molecule has 1 N–H and O–H groups in total. The maximum absolute atomic E-state index is 11.6. The van der Waals surface area contributed by atoms with Crippen molar-refractivity contribution in [2.75, 3.05) is 32.8 Å². The van der Waals surface area contributed by atoms with Gasteiger partial charge >= 0.3 is 5.97 Å². The third-order valence-electron chi connectivity index (χ3n) is 3.66. The topological polar surface area (TPSA) is 41.6 Å². The van der Waals surface area contributed by atoms with E-state index in [2.05, 4.69) is 31.0 Å². The Labute approximate surface area is 117 Å².